The smallest absolute Gasteiger partial charge is 0.268 e. The average molecular weight is 324 g/mol. The van der Waals surface area contributed by atoms with Crippen LogP contribution >= 0.6 is 0 Å². The van der Waals surface area contributed by atoms with Gasteiger partial charge in [0.2, 0.25) is 0 Å². The SMILES string of the molecule is CCCCCCOc1ccc(C(=O)N[C@@H](CO)C(=O)NO)cc1. The molecule has 0 heterocycles. The number of amides is 2. The Morgan fingerprint density at radius 3 is 2.43 bits per heavy atom. The number of hydrogen-bond acceptors (Lipinski definition) is 5. The Morgan fingerprint density at radius 1 is 1.17 bits per heavy atom. The minimum absolute atomic E-state index is 0.326. The van der Waals surface area contributed by atoms with Crippen molar-refractivity contribution in [1.29, 1.82) is 0 Å². The monoisotopic (exact) mass is 324 g/mol. The molecule has 23 heavy (non-hydrogen) atoms. The molecule has 1 atom stereocenters. The van der Waals surface area contributed by atoms with Crippen LogP contribution in [0.4, 0.5) is 0 Å². The highest BCUT2D eigenvalue weighted by Crippen LogP contribution is 2.13. The zero-order valence-corrected chi connectivity index (χ0v) is 13.2. The van der Waals surface area contributed by atoms with Gasteiger partial charge in [-0.05, 0) is 30.7 Å². The zero-order chi connectivity index (χ0) is 17.1. The van der Waals surface area contributed by atoms with Crippen LogP contribution in [-0.4, -0.2) is 41.4 Å². The van der Waals surface area contributed by atoms with Crippen molar-refractivity contribution in [1.82, 2.24) is 10.8 Å². The lowest BCUT2D eigenvalue weighted by molar-refractivity contribution is -0.132. The van der Waals surface area contributed by atoms with Crippen LogP contribution in [0, 0.1) is 0 Å². The molecule has 0 saturated carbocycles. The summed E-state index contributed by atoms with van der Waals surface area (Å²) in [7, 11) is 0. The van der Waals surface area contributed by atoms with Gasteiger partial charge in [0.05, 0.1) is 13.2 Å². The molecular formula is C16H24N2O5. The third-order valence-corrected chi connectivity index (χ3v) is 3.30. The van der Waals surface area contributed by atoms with Gasteiger partial charge in [0, 0.05) is 5.56 Å². The minimum Gasteiger partial charge on any atom is -0.494 e. The fraction of sp³-hybridized carbons (Fsp3) is 0.500. The third kappa shape index (κ3) is 6.66. The first kappa shape index (κ1) is 18.9. The van der Waals surface area contributed by atoms with Crippen molar-refractivity contribution in [3.05, 3.63) is 29.8 Å². The molecule has 0 radical (unpaired) electrons. The van der Waals surface area contributed by atoms with Crippen LogP contribution in [-0.2, 0) is 4.79 Å². The van der Waals surface area contributed by atoms with Crippen molar-refractivity contribution in [3.8, 4) is 5.75 Å². The van der Waals surface area contributed by atoms with E-state index in [2.05, 4.69) is 12.2 Å². The van der Waals surface area contributed by atoms with Crippen molar-refractivity contribution in [3.63, 3.8) is 0 Å². The van der Waals surface area contributed by atoms with E-state index < -0.39 is 24.5 Å². The summed E-state index contributed by atoms with van der Waals surface area (Å²) in [5, 5.41) is 19.9. The van der Waals surface area contributed by atoms with E-state index in [-0.39, 0.29) is 0 Å². The predicted molar refractivity (Wildman–Crippen MR) is 84.3 cm³/mol. The number of benzene rings is 1. The minimum atomic E-state index is -1.21. The normalized spacial score (nSPS) is 11.6. The molecule has 2 amide bonds. The summed E-state index contributed by atoms with van der Waals surface area (Å²) in [6.07, 6.45) is 4.49. The van der Waals surface area contributed by atoms with E-state index in [0.29, 0.717) is 17.9 Å². The van der Waals surface area contributed by atoms with Crippen molar-refractivity contribution in [2.24, 2.45) is 0 Å². The summed E-state index contributed by atoms with van der Waals surface area (Å²) in [4.78, 5) is 23.2. The summed E-state index contributed by atoms with van der Waals surface area (Å²) in [5.74, 6) is -0.736. The van der Waals surface area contributed by atoms with Crippen LogP contribution in [0.25, 0.3) is 0 Å². The number of ether oxygens (including phenoxy) is 1. The fourth-order valence-corrected chi connectivity index (χ4v) is 1.93. The van der Waals surface area contributed by atoms with E-state index >= 15 is 0 Å². The number of aliphatic hydroxyl groups excluding tert-OH is 1. The molecule has 1 rings (SSSR count). The summed E-state index contributed by atoms with van der Waals surface area (Å²) >= 11 is 0. The van der Waals surface area contributed by atoms with Gasteiger partial charge in [-0.2, -0.15) is 0 Å². The fourth-order valence-electron chi connectivity index (χ4n) is 1.93. The zero-order valence-electron chi connectivity index (χ0n) is 13.2. The van der Waals surface area contributed by atoms with Crippen molar-refractivity contribution in [2.75, 3.05) is 13.2 Å². The highest BCUT2D eigenvalue weighted by atomic mass is 16.5. The quantitative estimate of drug-likeness (QED) is 0.294. The van der Waals surface area contributed by atoms with Gasteiger partial charge in [0.15, 0.2) is 0 Å². The lowest BCUT2D eigenvalue weighted by atomic mass is 10.2. The van der Waals surface area contributed by atoms with Gasteiger partial charge < -0.3 is 15.2 Å². The van der Waals surface area contributed by atoms with Crippen LogP contribution in [0.3, 0.4) is 0 Å². The Balaban J connectivity index is 2.48. The van der Waals surface area contributed by atoms with E-state index in [1.165, 1.54) is 18.3 Å². The van der Waals surface area contributed by atoms with E-state index in [1.54, 1.807) is 24.3 Å². The molecule has 0 aliphatic heterocycles. The molecule has 0 fully saturated rings. The average Bonchev–Trinajstić information content (AvgIpc) is 2.59. The first-order valence-corrected chi connectivity index (χ1v) is 7.70. The van der Waals surface area contributed by atoms with Crippen molar-refractivity contribution < 1.29 is 24.6 Å². The Hall–Kier alpha value is -2.12. The molecule has 128 valence electrons. The standard InChI is InChI=1S/C16H24N2O5/c1-2-3-4-5-10-23-13-8-6-12(7-9-13)15(20)17-14(11-19)16(21)18-22/h6-9,14,19,22H,2-5,10-11H2,1H3,(H,17,20)(H,18,21)/t14-/m0/s1. The van der Waals surface area contributed by atoms with Crippen LogP contribution in [0.5, 0.6) is 5.75 Å². The van der Waals surface area contributed by atoms with Gasteiger partial charge in [0.1, 0.15) is 11.8 Å². The Morgan fingerprint density at radius 2 is 1.87 bits per heavy atom. The summed E-state index contributed by atoms with van der Waals surface area (Å²) < 4.78 is 5.58. The molecule has 0 aliphatic rings. The number of aliphatic hydroxyl groups is 1. The maximum atomic E-state index is 12.0. The van der Waals surface area contributed by atoms with Crippen LogP contribution in [0.2, 0.25) is 0 Å². The Labute approximate surface area is 135 Å². The molecule has 0 aromatic heterocycles. The first-order valence-electron chi connectivity index (χ1n) is 7.70. The van der Waals surface area contributed by atoms with Crippen molar-refractivity contribution >= 4 is 11.8 Å². The number of carbonyl (C=O) groups is 2. The third-order valence-electron chi connectivity index (χ3n) is 3.30. The highest BCUT2D eigenvalue weighted by Gasteiger charge is 2.19. The molecule has 7 heteroatoms. The molecule has 0 bridgehead atoms. The lowest BCUT2D eigenvalue weighted by Gasteiger charge is -2.14. The molecule has 7 nitrogen and oxygen atoms in total. The maximum Gasteiger partial charge on any atom is 0.268 e. The lowest BCUT2D eigenvalue weighted by Crippen LogP contribution is -2.48. The topological polar surface area (TPSA) is 108 Å². The molecular weight excluding hydrogens is 300 g/mol. The van der Waals surface area contributed by atoms with Crippen LogP contribution in [0.1, 0.15) is 43.0 Å². The second-order valence-corrected chi connectivity index (χ2v) is 5.12. The van der Waals surface area contributed by atoms with E-state index in [9.17, 15) is 9.59 Å². The van der Waals surface area contributed by atoms with Gasteiger partial charge in [-0.25, -0.2) is 5.48 Å². The largest absolute Gasteiger partial charge is 0.494 e. The van der Waals surface area contributed by atoms with E-state index in [0.717, 1.165) is 12.8 Å². The molecule has 0 spiro atoms. The molecule has 4 N–H and O–H groups in total. The second-order valence-electron chi connectivity index (χ2n) is 5.12. The van der Waals surface area contributed by atoms with Gasteiger partial charge in [0.25, 0.3) is 11.8 Å². The summed E-state index contributed by atoms with van der Waals surface area (Å²) in [6, 6.07) is 5.29. The van der Waals surface area contributed by atoms with Gasteiger partial charge in [-0.15, -0.1) is 0 Å². The molecule has 1 aromatic rings. The van der Waals surface area contributed by atoms with Crippen LogP contribution in [0.15, 0.2) is 24.3 Å². The van der Waals surface area contributed by atoms with E-state index in [1.807, 2.05) is 0 Å². The molecule has 0 aliphatic carbocycles. The molecule has 0 saturated heterocycles. The number of nitrogens with one attached hydrogen (secondary N) is 2. The Kier molecular flexibility index (Phi) is 8.71. The number of unbranched alkanes of at least 4 members (excludes halogenated alkanes) is 3. The van der Waals surface area contributed by atoms with E-state index in [4.69, 9.17) is 15.1 Å². The molecule has 0 unspecified atom stereocenters. The van der Waals surface area contributed by atoms with Gasteiger partial charge in [-0.3, -0.25) is 14.8 Å². The van der Waals surface area contributed by atoms with Crippen molar-refractivity contribution in [2.45, 2.75) is 38.6 Å². The predicted octanol–water partition coefficient (Wildman–Crippen LogP) is 1.24. The second kappa shape index (κ2) is 10.6. The number of rotatable bonds is 10. The molecule has 1 aromatic carbocycles. The van der Waals surface area contributed by atoms with Gasteiger partial charge in [-0.1, -0.05) is 26.2 Å². The maximum absolute atomic E-state index is 12.0. The number of carbonyl (C=O) groups excluding carboxylic acids is 2. The highest BCUT2D eigenvalue weighted by molar-refractivity contribution is 5.97. The first-order chi connectivity index (χ1) is 11.1. The number of hydrogen-bond donors (Lipinski definition) is 4. The van der Waals surface area contributed by atoms with Gasteiger partial charge >= 0.3 is 0 Å². The number of hydroxylamine groups is 1. The van der Waals surface area contributed by atoms with Crippen LogP contribution < -0.4 is 15.5 Å². The summed E-state index contributed by atoms with van der Waals surface area (Å²) in [6.45, 7) is 2.17. The Bertz CT molecular complexity index is 490. The summed E-state index contributed by atoms with van der Waals surface area (Å²) in [5.41, 5.74) is 1.71.